The van der Waals surface area contributed by atoms with Crippen molar-refractivity contribution in [3.63, 3.8) is 0 Å². The monoisotopic (exact) mass is 238 g/mol. The van der Waals surface area contributed by atoms with Crippen molar-refractivity contribution in [2.24, 2.45) is 0 Å². The molecule has 3 N–H and O–H groups in total. The van der Waals surface area contributed by atoms with Gasteiger partial charge in [-0.05, 0) is 6.42 Å². The first-order valence-electron chi connectivity index (χ1n) is 5.03. The summed E-state index contributed by atoms with van der Waals surface area (Å²) in [5.74, 6) is -0.223. The fourth-order valence-corrected chi connectivity index (χ4v) is 2.18. The van der Waals surface area contributed by atoms with Crippen LogP contribution >= 0.6 is 0 Å². The SMILES string of the molecule is O=S(=O)(O)CCN1CCNC(CCO)C1. The van der Waals surface area contributed by atoms with Gasteiger partial charge in [0.15, 0.2) is 0 Å². The molecule has 0 aromatic heterocycles. The molecule has 1 heterocycles. The van der Waals surface area contributed by atoms with Gasteiger partial charge in [0, 0.05) is 38.8 Å². The maximum Gasteiger partial charge on any atom is 0.266 e. The van der Waals surface area contributed by atoms with Gasteiger partial charge in [0.1, 0.15) is 0 Å². The highest BCUT2D eigenvalue weighted by Gasteiger charge is 2.19. The van der Waals surface area contributed by atoms with E-state index >= 15 is 0 Å². The third kappa shape index (κ3) is 5.43. The molecule has 0 aromatic rings. The topological polar surface area (TPSA) is 89.9 Å². The van der Waals surface area contributed by atoms with Gasteiger partial charge in [0.25, 0.3) is 10.1 Å². The highest BCUT2D eigenvalue weighted by molar-refractivity contribution is 7.85. The lowest BCUT2D eigenvalue weighted by atomic mass is 10.1. The second-order valence-corrected chi connectivity index (χ2v) is 5.32. The Bertz CT molecular complexity index is 278. The molecule has 6 nitrogen and oxygen atoms in total. The lowest BCUT2D eigenvalue weighted by Crippen LogP contribution is -2.51. The average molecular weight is 238 g/mol. The van der Waals surface area contributed by atoms with Crippen LogP contribution in [0.4, 0.5) is 0 Å². The number of rotatable bonds is 5. The summed E-state index contributed by atoms with van der Waals surface area (Å²) in [5.41, 5.74) is 0. The molecule has 0 aromatic carbocycles. The Morgan fingerprint density at radius 2 is 2.20 bits per heavy atom. The molecule has 1 fully saturated rings. The van der Waals surface area contributed by atoms with E-state index in [1.54, 1.807) is 0 Å². The summed E-state index contributed by atoms with van der Waals surface area (Å²) in [7, 11) is -3.86. The van der Waals surface area contributed by atoms with Crippen LogP contribution in [0, 0.1) is 0 Å². The molecule has 0 radical (unpaired) electrons. The summed E-state index contributed by atoms with van der Waals surface area (Å²) in [4.78, 5) is 1.98. The van der Waals surface area contributed by atoms with Crippen molar-refractivity contribution in [1.82, 2.24) is 10.2 Å². The van der Waals surface area contributed by atoms with Gasteiger partial charge >= 0.3 is 0 Å². The summed E-state index contributed by atoms with van der Waals surface area (Å²) in [6.45, 7) is 2.76. The van der Waals surface area contributed by atoms with Crippen molar-refractivity contribution in [2.75, 3.05) is 38.5 Å². The number of piperazine rings is 1. The minimum Gasteiger partial charge on any atom is -0.396 e. The van der Waals surface area contributed by atoms with Gasteiger partial charge < -0.3 is 10.4 Å². The van der Waals surface area contributed by atoms with Crippen LogP contribution in [-0.4, -0.2) is 67.6 Å². The number of nitrogens with zero attached hydrogens (tertiary/aromatic N) is 1. The maximum absolute atomic E-state index is 10.6. The van der Waals surface area contributed by atoms with Crippen LogP contribution in [0.2, 0.25) is 0 Å². The van der Waals surface area contributed by atoms with E-state index in [2.05, 4.69) is 5.32 Å². The summed E-state index contributed by atoms with van der Waals surface area (Å²) >= 11 is 0. The van der Waals surface area contributed by atoms with Gasteiger partial charge in [-0.2, -0.15) is 8.42 Å². The Balaban J connectivity index is 2.30. The summed E-state index contributed by atoms with van der Waals surface area (Å²) < 4.78 is 29.7. The van der Waals surface area contributed by atoms with Gasteiger partial charge in [0.2, 0.25) is 0 Å². The van der Waals surface area contributed by atoms with Crippen molar-refractivity contribution < 1.29 is 18.1 Å². The fraction of sp³-hybridized carbons (Fsp3) is 1.00. The average Bonchev–Trinajstić information content (AvgIpc) is 2.15. The zero-order chi connectivity index (χ0) is 11.3. The Hall–Kier alpha value is -0.210. The summed E-state index contributed by atoms with van der Waals surface area (Å²) in [6, 6.07) is 0.213. The number of aliphatic hydroxyl groups excluding tert-OH is 1. The van der Waals surface area contributed by atoms with Crippen LogP contribution < -0.4 is 5.32 Å². The first-order chi connectivity index (χ1) is 7.01. The van der Waals surface area contributed by atoms with E-state index in [1.165, 1.54) is 0 Å². The lowest BCUT2D eigenvalue weighted by molar-refractivity contribution is 0.179. The third-order valence-electron chi connectivity index (χ3n) is 2.48. The van der Waals surface area contributed by atoms with E-state index < -0.39 is 10.1 Å². The Morgan fingerprint density at radius 1 is 1.47 bits per heavy atom. The molecular weight excluding hydrogens is 220 g/mol. The van der Waals surface area contributed by atoms with Gasteiger partial charge in [-0.1, -0.05) is 0 Å². The molecule has 1 aliphatic heterocycles. The number of hydrogen-bond donors (Lipinski definition) is 3. The maximum atomic E-state index is 10.6. The largest absolute Gasteiger partial charge is 0.396 e. The van der Waals surface area contributed by atoms with E-state index in [0.717, 1.165) is 19.6 Å². The predicted octanol–water partition coefficient (Wildman–Crippen LogP) is -1.47. The molecule has 7 heteroatoms. The van der Waals surface area contributed by atoms with Gasteiger partial charge in [-0.15, -0.1) is 0 Å². The van der Waals surface area contributed by atoms with Crippen LogP contribution in [0.15, 0.2) is 0 Å². The van der Waals surface area contributed by atoms with Crippen LogP contribution in [-0.2, 0) is 10.1 Å². The molecule has 1 unspecified atom stereocenters. The third-order valence-corrected chi connectivity index (χ3v) is 3.18. The fourth-order valence-electron chi connectivity index (χ4n) is 1.69. The first kappa shape index (κ1) is 12.9. The molecular formula is C8H18N2O4S. The minimum atomic E-state index is -3.86. The Kier molecular flexibility index (Phi) is 4.94. The smallest absolute Gasteiger partial charge is 0.266 e. The molecule has 1 aliphatic rings. The first-order valence-corrected chi connectivity index (χ1v) is 6.64. The van der Waals surface area contributed by atoms with Crippen molar-refractivity contribution in [3.8, 4) is 0 Å². The zero-order valence-corrected chi connectivity index (χ0v) is 9.41. The van der Waals surface area contributed by atoms with E-state index in [9.17, 15) is 8.42 Å². The Morgan fingerprint density at radius 3 is 2.80 bits per heavy atom. The van der Waals surface area contributed by atoms with Crippen LogP contribution in [0.3, 0.4) is 0 Å². The zero-order valence-electron chi connectivity index (χ0n) is 8.59. The molecule has 1 rings (SSSR count). The molecule has 1 saturated heterocycles. The van der Waals surface area contributed by atoms with Gasteiger partial charge in [-0.3, -0.25) is 9.45 Å². The van der Waals surface area contributed by atoms with Crippen molar-refractivity contribution in [2.45, 2.75) is 12.5 Å². The van der Waals surface area contributed by atoms with E-state index in [4.69, 9.17) is 9.66 Å². The van der Waals surface area contributed by atoms with Gasteiger partial charge in [-0.25, -0.2) is 0 Å². The molecule has 90 valence electrons. The highest BCUT2D eigenvalue weighted by Crippen LogP contribution is 2.02. The molecule has 15 heavy (non-hydrogen) atoms. The van der Waals surface area contributed by atoms with E-state index in [0.29, 0.717) is 13.0 Å². The molecule has 0 aliphatic carbocycles. The minimum absolute atomic E-state index is 0.129. The van der Waals surface area contributed by atoms with E-state index in [-0.39, 0.29) is 18.4 Å². The standard InChI is InChI=1S/C8H18N2O4S/c11-5-1-8-7-10(3-2-9-8)4-6-15(12,13)14/h8-9,11H,1-7H2,(H,12,13,14). The normalized spacial score (nSPS) is 24.3. The number of nitrogens with one attached hydrogen (secondary N) is 1. The Labute approximate surface area is 90.0 Å². The molecule has 0 amide bonds. The highest BCUT2D eigenvalue weighted by atomic mass is 32.2. The molecule has 0 bridgehead atoms. The second kappa shape index (κ2) is 5.76. The summed E-state index contributed by atoms with van der Waals surface area (Å²) in [6.07, 6.45) is 0.669. The van der Waals surface area contributed by atoms with Crippen molar-refractivity contribution in [3.05, 3.63) is 0 Å². The number of aliphatic hydroxyl groups is 1. The quantitative estimate of drug-likeness (QED) is 0.507. The van der Waals surface area contributed by atoms with Crippen LogP contribution in [0.25, 0.3) is 0 Å². The van der Waals surface area contributed by atoms with Crippen molar-refractivity contribution in [1.29, 1.82) is 0 Å². The second-order valence-electron chi connectivity index (χ2n) is 3.75. The molecule has 0 saturated carbocycles. The molecule has 0 spiro atoms. The predicted molar refractivity (Wildman–Crippen MR) is 56.3 cm³/mol. The van der Waals surface area contributed by atoms with Crippen molar-refractivity contribution >= 4 is 10.1 Å². The summed E-state index contributed by atoms with van der Waals surface area (Å²) in [5, 5.41) is 12.0. The van der Waals surface area contributed by atoms with Crippen LogP contribution in [0.1, 0.15) is 6.42 Å². The number of hydrogen-bond acceptors (Lipinski definition) is 5. The van der Waals surface area contributed by atoms with Gasteiger partial charge in [0.05, 0.1) is 5.75 Å². The lowest BCUT2D eigenvalue weighted by Gasteiger charge is -2.33. The molecule has 1 atom stereocenters. The van der Waals surface area contributed by atoms with Crippen LogP contribution in [0.5, 0.6) is 0 Å². The van der Waals surface area contributed by atoms with E-state index in [1.807, 2.05) is 4.90 Å².